The molecule has 4 heteroatoms. The van der Waals surface area contributed by atoms with Gasteiger partial charge in [-0.25, -0.2) is 0 Å². The summed E-state index contributed by atoms with van der Waals surface area (Å²) in [7, 11) is 0. The molecule has 92 valence electrons. The molecule has 1 aliphatic rings. The van der Waals surface area contributed by atoms with E-state index in [-0.39, 0.29) is 6.04 Å². The predicted molar refractivity (Wildman–Crippen MR) is 67.5 cm³/mol. The van der Waals surface area contributed by atoms with Crippen LogP contribution in [-0.2, 0) is 4.79 Å². The molecule has 0 radical (unpaired) electrons. The number of benzene rings is 1. The molecule has 2 N–H and O–H groups in total. The summed E-state index contributed by atoms with van der Waals surface area (Å²) in [5, 5.41) is 13.3. The third-order valence-electron chi connectivity index (χ3n) is 3.22. The summed E-state index contributed by atoms with van der Waals surface area (Å²) < 4.78 is 0. The maximum absolute atomic E-state index is 11.4. The minimum Gasteiger partial charge on any atom is -0.481 e. The summed E-state index contributed by atoms with van der Waals surface area (Å²) >= 11 is 5.92. The van der Waals surface area contributed by atoms with Crippen LogP contribution in [0.5, 0.6) is 0 Å². The Bertz CT molecular complexity index is 402. The maximum Gasteiger partial charge on any atom is 0.312 e. The van der Waals surface area contributed by atoms with Crippen molar-refractivity contribution in [1.82, 2.24) is 5.32 Å². The van der Waals surface area contributed by atoms with Gasteiger partial charge in [0.15, 0.2) is 0 Å². The van der Waals surface area contributed by atoms with Crippen LogP contribution in [0.3, 0.4) is 0 Å². The highest BCUT2D eigenvalue weighted by Gasteiger charge is 2.30. The van der Waals surface area contributed by atoms with Crippen LogP contribution in [-0.4, -0.2) is 23.7 Å². The van der Waals surface area contributed by atoms with E-state index < -0.39 is 11.9 Å². The van der Waals surface area contributed by atoms with Crippen molar-refractivity contribution in [2.24, 2.45) is 0 Å². The van der Waals surface area contributed by atoms with Gasteiger partial charge in [-0.05, 0) is 37.1 Å². The Labute approximate surface area is 106 Å². The molecule has 0 spiro atoms. The van der Waals surface area contributed by atoms with Crippen molar-refractivity contribution < 1.29 is 9.90 Å². The smallest absolute Gasteiger partial charge is 0.312 e. The first-order chi connectivity index (χ1) is 8.18. The van der Waals surface area contributed by atoms with Crippen molar-refractivity contribution in [1.29, 1.82) is 0 Å². The second-order valence-corrected chi connectivity index (χ2v) is 4.86. The Hall–Kier alpha value is -1.06. The molecule has 17 heavy (non-hydrogen) atoms. The molecule has 3 nitrogen and oxygen atoms in total. The first-order valence-electron chi connectivity index (χ1n) is 5.90. The molecule has 2 rings (SSSR count). The van der Waals surface area contributed by atoms with Crippen LogP contribution in [0.15, 0.2) is 24.3 Å². The highest BCUT2D eigenvalue weighted by molar-refractivity contribution is 6.30. The minimum absolute atomic E-state index is 0.0136. The van der Waals surface area contributed by atoms with Crippen molar-refractivity contribution in [2.45, 2.75) is 31.2 Å². The zero-order valence-electron chi connectivity index (χ0n) is 9.53. The summed E-state index contributed by atoms with van der Waals surface area (Å²) in [4.78, 5) is 11.4. The van der Waals surface area contributed by atoms with Gasteiger partial charge in [-0.1, -0.05) is 30.2 Å². The molecule has 1 aromatic rings. The van der Waals surface area contributed by atoms with E-state index in [0.717, 1.165) is 31.4 Å². The lowest BCUT2D eigenvalue weighted by Crippen LogP contribution is -2.41. The number of hydrogen-bond acceptors (Lipinski definition) is 2. The molecule has 1 aromatic carbocycles. The molecular weight excluding hydrogens is 238 g/mol. The van der Waals surface area contributed by atoms with Gasteiger partial charge in [0.1, 0.15) is 0 Å². The van der Waals surface area contributed by atoms with Gasteiger partial charge in [0.25, 0.3) is 0 Å². The summed E-state index contributed by atoms with van der Waals surface area (Å²) in [6.45, 7) is 0.898. The lowest BCUT2D eigenvalue weighted by Gasteiger charge is -2.29. The van der Waals surface area contributed by atoms with Gasteiger partial charge in [-0.2, -0.15) is 0 Å². The molecule has 0 bridgehead atoms. The molecule has 0 saturated carbocycles. The van der Waals surface area contributed by atoms with Gasteiger partial charge in [-0.3, -0.25) is 4.79 Å². The Morgan fingerprint density at radius 2 is 2.29 bits per heavy atom. The Morgan fingerprint density at radius 3 is 2.88 bits per heavy atom. The molecule has 0 amide bonds. The van der Waals surface area contributed by atoms with Crippen LogP contribution in [0.1, 0.15) is 30.7 Å². The molecule has 1 saturated heterocycles. The van der Waals surface area contributed by atoms with Gasteiger partial charge in [0, 0.05) is 11.1 Å². The van der Waals surface area contributed by atoms with E-state index in [9.17, 15) is 9.90 Å². The number of halogens is 1. The normalized spacial score (nSPS) is 22.1. The third-order valence-corrected chi connectivity index (χ3v) is 3.46. The van der Waals surface area contributed by atoms with Crippen LogP contribution in [0.4, 0.5) is 0 Å². The van der Waals surface area contributed by atoms with Crippen molar-refractivity contribution in [3.8, 4) is 0 Å². The number of piperidine rings is 1. The van der Waals surface area contributed by atoms with Crippen LogP contribution < -0.4 is 5.32 Å². The van der Waals surface area contributed by atoms with E-state index in [0.29, 0.717) is 5.02 Å². The van der Waals surface area contributed by atoms with Crippen molar-refractivity contribution in [3.05, 3.63) is 34.9 Å². The van der Waals surface area contributed by atoms with E-state index in [1.165, 1.54) is 0 Å². The van der Waals surface area contributed by atoms with Gasteiger partial charge >= 0.3 is 5.97 Å². The second kappa shape index (κ2) is 5.52. The molecule has 1 fully saturated rings. The number of carboxylic acid groups (broad SMARTS) is 1. The minimum atomic E-state index is -0.785. The number of nitrogens with one attached hydrogen (secondary N) is 1. The van der Waals surface area contributed by atoms with Crippen LogP contribution in [0, 0.1) is 0 Å². The van der Waals surface area contributed by atoms with Crippen LogP contribution >= 0.6 is 11.6 Å². The molecule has 2 atom stereocenters. The molecular formula is C13H16ClNO2. The molecule has 1 aliphatic heterocycles. The first kappa shape index (κ1) is 12.4. The Balaban J connectivity index is 2.25. The number of hydrogen-bond donors (Lipinski definition) is 2. The first-order valence-corrected chi connectivity index (χ1v) is 6.28. The largest absolute Gasteiger partial charge is 0.481 e. The van der Waals surface area contributed by atoms with Gasteiger partial charge < -0.3 is 10.4 Å². The summed E-state index contributed by atoms with van der Waals surface area (Å²) in [5.74, 6) is -1.29. The lowest BCUT2D eigenvalue weighted by molar-refractivity contribution is -0.139. The van der Waals surface area contributed by atoms with E-state index >= 15 is 0 Å². The number of rotatable bonds is 3. The van der Waals surface area contributed by atoms with E-state index in [2.05, 4.69) is 5.32 Å². The van der Waals surface area contributed by atoms with E-state index in [4.69, 9.17) is 11.6 Å². The number of carbonyl (C=O) groups is 1. The maximum atomic E-state index is 11.4. The number of carboxylic acids is 1. The molecule has 1 heterocycles. The van der Waals surface area contributed by atoms with Crippen molar-refractivity contribution >= 4 is 17.6 Å². The fraction of sp³-hybridized carbons (Fsp3) is 0.462. The average molecular weight is 254 g/mol. The molecule has 0 aliphatic carbocycles. The predicted octanol–water partition coefficient (Wildman–Crippen LogP) is 2.65. The Kier molecular flexibility index (Phi) is 4.02. The fourth-order valence-corrected chi connectivity index (χ4v) is 2.61. The third kappa shape index (κ3) is 2.99. The lowest BCUT2D eigenvalue weighted by atomic mass is 9.86. The van der Waals surface area contributed by atoms with Crippen molar-refractivity contribution in [3.63, 3.8) is 0 Å². The SMILES string of the molecule is O=C(O)[C@H](c1cccc(Cl)c1)[C@@H]1CCCCN1. The van der Waals surface area contributed by atoms with Gasteiger partial charge in [0.05, 0.1) is 5.92 Å². The highest BCUT2D eigenvalue weighted by Crippen LogP contribution is 2.27. The average Bonchev–Trinajstić information content (AvgIpc) is 2.30. The summed E-state index contributed by atoms with van der Waals surface area (Å²) in [6.07, 6.45) is 3.11. The van der Waals surface area contributed by atoms with Crippen LogP contribution in [0.2, 0.25) is 5.02 Å². The zero-order valence-corrected chi connectivity index (χ0v) is 10.3. The fourth-order valence-electron chi connectivity index (χ4n) is 2.41. The Morgan fingerprint density at radius 1 is 1.47 bits per heavy atom. The quantitative estimate of drug-likeness (QED) is 0.871. The van der Waals surface area contributed by atoms with E-state index in [1.807, 2.05) is 6.07 Å². The highest BCUT2D eigenvalue weighted by atomic mass is 35.5. The monoisotopic (exact) mass is 253 g/mol. The van der Waals surface area contributed by atoms with Gasteiger partial charge in [0.2, 0.25) is 0 Å². The summed E-state index contributed by atoms with van der Waals surface area (Å²) in [6, 6.07) is 7.16. The van der Waals surface area contributed by atoms with E-state index in [1.54, 1.807) is 18.2 Å². The topological polar surface area (TPSA) is 49.3 Å². The molecule has 0 unspecified atom stereocenters. The van der Waals surface area contributed by atoms with Crippen LogP contribution in [0.25, 0.3) is 0 Å². The molecule has 0 aromatic heterocycles. The second-order valence-electron chi connectivity index (χ2n) is 4.43. The standard InChI is InChI=1S/C13H16ClNO2/c14-10-5-3-4-9(8-10)12(13(16)17)11-6-1-2-7-15-11/h3-5,8,11-12,15H,1-2,6-7H2,(H,16,17)/t11-,12+/m0/s1. The van der Waals surface area contributed by atoms with Crippen molar-refractivity contribution in [2.75, 3.05) is 6.54 Å². The summed E-state index contributed by atoms with van der Waals surface area (Å²) in [5.41, 5.74) is 0.782. The number of aliphatic carboxylic acids is 1. The zero-order chi connectivity index (χ0) is 12.3. The van der Waals surface area contributed by atoms with Gasteiger partial charge in [-0.15, -0.1) is 0 Å².